The molecule has 9 heteroatoms. The summed E-state index contributed by atoms with van der Waals surface area (Å²) in [6, 6.07) is 15.6. The van der Waals surface area contributed by atoms with Gasteiger partial charge in [0.25, 0.3) is 5.91 Å². The Labute approximate surface area is 203 Å². The number of hydrogen-bond donors (Lipinski definition) is 1. The van der Waals surface area contributed by atoms with E-state index in [1.165, 1.54) is 25.5 Å². The van der Waals surface area contributed by atoms with Crippen molar-refractivity contribution in [2.45, 2.75) is 6.61 Å². The number of carbonyl (C=O) groups is 1. The van der Waals surface area contributed by atoms with E-state index >= 15 is 0 Å². The molecule has 3 aromatic carbocycles. The minimum absolute atomic E-state index is 0.240. The first kappa shape index (κ1) is 23.4. The van der Waals surface area contributed by atoms with Crippen molar-refractivity contribution in [2.24, 2.45) is 5.10 Å². The number of nitrogens with zero attached hydrogens (tertiary/aromatic N) is 1. The van der Waals surface area contributed by atoms with Crippen LogP contribution in [0.2, 0.25) is 15.1 Å². The molecule has 0 unspecified atom stereocenters. The zero-order valence-electron chi connectivity index (χ0n) is 16.2. The topological polar surface area (TPSA) is 59.9 Å². The molecule has 0 atom stereocenters. The summed E-state index contributed by atoms with van der Waals surface area (Å²) in [4.78, 5) is 12.2. The molecule has 0 saturated heterocycles. The molecule has 160 valence electrons. The van der Waals surface area contributed by atoms with E-state index in [0.717, 1.165) is 5.56 Å². The molecule has 3 rings (SSSR count). The monoisotopic (exact) mass is 540 g/mol. The summed E-state index contributed by atoms with van der Waals surface area (Å²) in [6.45, 7) is 0.278. The third kappa shape index (κ3) is 6.14. The maximum absolute atomic E-state index is 12.2. The van der Waals surface area contributed by atoms with Crippen molar-refractivity contribution in [1.82, 2.24) is 5.43 Å². The molecular formula is C22H16BrCl3N2O3. The Hall–Kier alpha value is -2.25. The highest BCUT2D eigenvalue weighted by Crippen LogP contribution is 2.37. The van der Waals surface area contributed by atoms with Crippen LogP contribution in [0.15, 0.2) is 64.2 Å². The maximum Gasteiger partial charge on any atom is 0.272 e. The standard InChI is InChI=1S/C22H16BrCl3N2O3/c1-30-20-9-13(11-27-28-22(29)16-7-6-15(24)10-19(16)26)8-17(23)21(20)31-12-14-4-2-3-5-18(14)25/h2-11H,12H2,1H3,(H,28,29). The normalized spacial score (nSPS) is 10.9. The number of halogens is 4. The van der Waals surface area contributed by atoms with Crippen molar-refractivity contribution in [3.8, 4) is 11.5 Å². The molecule has 5 nitrogen and oxygen atoms in total. The van der Waals surface area contributed by atoms with Crippen molar-refractivity contribution in [3.63, 3.8) is 0 Å². The van der Waals surface area contributed by atoms with Gasteiger partial charge in [0.15, 0.2) is 11.5 Å². The molecule has 0 bridgehead atoms. The van der Waals surface area contributed by atoms with Crippen LogP contribution in [0.4, 0.5) is 0 Å². The fraction of sp³-hybridized carbons (Fsp3) is 0.0909. The van der Waals surface area contributed by atoms with Gasteiger partial charge in [0.2, 0.25) is 0 Å². The third-order valence-electron chi connectivity index (χ3n) is 4.14. The summed E-state index contributed by atoms with van der Waals surface area (Å²) >= 11 is 21.6. The molecule has 0 aliphatic rings. The number of nitrogens with one attached hydrogen (secondary N) is 1. The van der Waals surface area contributed by atoms with Gasteiger partial charge in [-0.25, -0.2) is 5.43 Å². The molecule has 1 N–H and O–H groups in total. The fourth-order valence-electron chi connectivity index (χ4n) is 2.62. The zero-order valence-corrected chi connectivity index (χ0v) is 20.0. The number of amides is 1. The lowest BCUT2D eigenvalue weighted by atomic mass is 10.2. The fourth-order valence-corrected chi connectivity index (χ4v) is 3.88. The molecule has 0 aliphatic carbocycles. The largest absolute Gasteiger partial charge is 0.493 e. The predicted octanol–water partition coefficient (Wildman–Crippen LogP) is 6.76. The van der Waals surface area contributed by atoms with E-state index in [2.05, 4.69) is 26.5 Å². The highest BCUT2D eigenvalue weighted by molar-refractivity contribution is 9.10. The number of rotatable bonds is 7. The van der Waals surface area contributed by atoms with E-state index in [9.17, 15) is 4.79 Å². The van der Waals surface area contributed by atoms with Gasteiger partial charge in [-0.05, 0) is 57.9 Å². The van der Waals surface area contributed by atoms with Gasteiger partial charge in [0.1, 0.15) is 6.61 Å². The summed E-state index contributed by atoms with van der Waals surface area (Å²) in [5, 5.41) is 5.29. The molecule has 0 fully saturated rings. The van der Waals surface area contributed by atoms with Crippen LogP contribution in [-0.2, 0) is 6.61 Å². The summed E-state index contributed by atoms with van der Waals surface area (Å²) in [7, 11) is 1.54. The number of methoxy groups -OCH3 is 1. The summed E-state index contributed by atoms with van der Waals surface area (Å²) in [5.41, 5.74) is 4.23. The smallest absolute Gasteiger partial charge is 0.272 e. The number of ether oxygens (including phenoxy) is 2. The first-order valence-electron chi connectivity index (χ1n) is 8.91. The lowest BCUT2D eigenvalue weighted by Gasteiger charge is -2.14. The highest BCUT2D eigenvalue weighted by atomic mass is 79.9. The van der Waals surface area contributed by atoms with Gasteiger partial charge in [-0.1, -0.05) is 53.0 Å². The Kier molecular flexibility index (Phi) is 8.21. The average molecular weight is 543 g/mol. The second kappa shape index (κ2) is 10.9. The molecule has 1 amide bonds. The molecule has 0 aromatic heterocycles. The number of benzene rings is 3. The lowest BCUT2D eigenvalue weighted by molar-refractivity contribution is 0.0955. The summed E-state index contributed by atoms with van der Waals surface area (Å²) in [6.07, 6.45) is 1.48. The molecule has 0 heterocycles. The maximum atomic E-state index is 12.2. The van der Waals surface area contributed by atoms with Gasteiger partial charge in [-0.2, -0.15) is 5.10 Å². The number of hydrogen-bond acceptors (Lipinski definition) is 4. The van der Waals surface area contributed by atoms with Crippen LogP contribution >= 0.6 is 50.7 Å². The van der Waals surface area contributed by atoms with Crippen molar-refractivity contribution in [3.05, 3.63) is 90.8 Å². The van der Waals surface area contributed by atoms with Crippen LogP contribution in [-0.4, -0.2) is 19.2 Å². The van der Waals surface area contributed by atoms with Crippen molar-refractivity contribution < 1.29 is 14.3 Å². The van der Waals surface area contributed by atoms with Crippen LogP contribution in [0.1, 0.15) is 21.5 Å². The van der Waals surface area contributed by atoms with Gasteiger partial charge < -0.3 is 9.47 Å². The van der Waals surface area contributed by atoms with Crippen LogP contribution in [0, 0.1) is 0 Å². The minimum atomic E-state index is -0.455. The second-order valence-corrected chi connectivity index (χ2v) is 8.34. The predicted molar refractivity (Wildman–Crippen MR) is 128 cm³/mol. The molecule has 0 aliphatic heterocycles. The molecular weight excluding hydrogens is 527 g/mol. The van der Waals surface area contributed by atoms with Gasteiger partial charge in [-0.15, -0.1) is 0 Å². The lowest BCUT2D eigenvalue weighted by Crippen LogP contribution is -2.18. The van der Waals surface area contributed by atoms with Gasteiger partial charge in [-0.3, -0.25) is 4.79 Å². The third-order valence-corrected chi connectivity index (χ3v) is 5.64. The van der Waals surface area contributed by atoms with E-state index < -0.39 is 5.91 Å². The van der Waals surface area contributed by atoms with Crippen molar-refractivity contribution >= 4 is 62.9 Å². The Morgan fingerprint density at radius 1 is 1.10 bits per heavy atom. The highest BCUT2D eigenvalue weighted by Gasteiger charge is 2.13. The van der Waals surface area contributed by atoms with Crippen LogP contribution in [0.5, 0.6) is 11.5 Å². The van der Waals surface area contributed by atoms with E-state index in [-0.39, 0.29) is 17.2 Å². The molecule has 0 spiro atoms. The summed E-state index contributed by atoms with van der Waals surface area (Å²) < 4.78 is 12.0. The second-order valence-electron chi connectivity index (χ2n) is 6.24. The average Bonchev–Trinajstić information content (AvgIpc) is 2.73. The van der Waals surface area contributed by atoms with Gasteiger partial charge in [0, 0.05) is 15.6 Å². The molecule has 3 aromatic rings. The van der Waals surface area contributed by atoms with E-state index in [4.69, 9.17) is 44.3 Å². The van der Waals surface area contributed by atoms with Crippen LogP contribution < -0.4 is 14.9 Å². The van der Waals surface area contributed by atoms with Gasteiger partial charge >= 0.3 is 0 Å². The van der Waals surface area contributed by atoms with Crippen molar-refractivity contribution in [2.75, 3.05) is 7.11 Å². The molecule has 31 heavy (non-hydrogen) atoms. The quantitative estimate of drug-likeness (QED) is 0.265. The Morgan fingerprint density at radius 2 is 1.87 bits per heavy atom. The Balaban J connectivity index is 1.71. The van der Waals surface area contributed by atoms with Crippen LogP contribution in [0.3, 0.4) is 0 Å². The van der Waals surface area contributed by atoms with Crippen molar-refractivity contribution in [1.29, 1.82) is 0 Å². The van der Waals surface area contributed by atoms with E-state index in [0.29, 0.717) is 31.6 Å². The number of carbonyl (C=O) groups excluding carboxylic acids is 1. The van der Waals surface area contributed by atoms with E-state index in [1.807, 2.05) is 18.2 Å². The first-order chi connectivity index (χ1) is 14.9. The molecule has 0 radical (unpaired) electrons. The van der Waals surface area contributed by atoms with Gasteiger partial charge in [0.05, 0.1) is 28.4 Å². The Bertz CT molecular complexity index is 1140. The first-order valence-corrected chi connectivity index (χ1v) is 10.8. The summed E-state index contributed by atoms with van der Waals surface area (Å²) in [5.74, 6) is 0.565. The Morgan fingerprint density at radius 3 is 2.58 bits per heavy atom. The van der Waals surface area contributed by atoms with Crippen LogP contribution in [0.25, 0.3) is 0 Å². The SMILES string of the molecule is COc1cc(C=NNC(=O)c2ccc(Cl)cc2Cl)cc(Br)c1OCc1ccccc1Cl. The van der Waals surface area contributed by atoms with E-state index in [1.54, 1.807) is 24.3 Å². The zero-order chi connectivity index (χ0) is 22.4. The number of hydrazone groups is 1. The minimum Gasteiger partial charge on any atom is -0.493 e. The molecule has 0 saturated carbocycles.